The number of imide groups is 2. The first-order valence-electron chi connectivity index (χ1n) is 7.61. The molecular weight excluding hydrogens is 377 g/mol. The number of halogens is 2. The third kappa shape index (κ3) is 3.76. The molecule has 6 nitrogen and oxygen atoms in total. The van der Waals surface area contributed by atoms with Gasteiger partial charge in [-0.15, -0.1) is 0 Å². The monoisotopic (exact) mass is 389 g/mol. The summed E-state index contributed by atoms with van der Waals surface area (Å²) in [5.74, 6) is -2.66. The Morgan fingerprint density at radius 2 is 1.65 bits per heavy atom. The molecule has 1 aliphatic rings. The number of hydrogen-bond acceptors (Lipinski definition) is 4. The number of nitrogens with zero attached hydrogens (tertiary/aromatic N) is 2. The predicted octanol–water partition coefficient (Wildman–Crippen LogP) is 3.90. The molecule has 1 heterocycles. The molecule has 0 unspecified atom stereocenters. The average Bonchev–Trinajstić information content (AvgIpc) is 2.55. The minimum atomic E-state index is -1.24. The van der Waals surface area contributed by atoms with Crippen LogP contribution in [0.25, 0.3) is 0 Å². The number of carbonyl (C=O) groups is 3. The molecule has 8 heteroatoms. The molecule has 0 saturated carbocycles. The van der Waals surface area contributed by atoms with Crippen molar-refractivity contribution in [3.05, 3.63) is 58.1 Å². The zero-order chi connectivity index (χ0) is 18.8. The van der Waals surface area contributed by atoms with Gasteiger partial charge >= 0.3 is 6.03 Å². The summed E-state index contributed by atoms with van der Waals surface area (Å²) in [4.78, 5) is 41.9. The van der Waals surface area contributed by atoms with Gasteiger partial charge in [-0.25, -0.2) is 9.69 Å². The minimum absolute atomic E-state index is 0.370. The number of nitrogens with one attached hydrogen (secondary N) is 1. The summed E-state index contributed by atoms with van der Waals surface area (Å²) < 4.78 is 0. The van der Waals surface area contributed by atoms with E-state index in [9.17, 15) is 14.4 Å². The van der Waals surface area contributed by atoms with Crippen LogP contribution in [0, 0.1) is 12.8 Å². The van der Waals surface area contributed by atoms with Gasteiger partial charge in [0.25, 0.3) is 5.91 Å². The Bertz CT molecular complexity index is 906. The SMILES string of the molecule is Cc1ccc(N2C(=O)NC(=O)[C@@H](C=Nc3cc(Cl)cc(Cl)c3)C2=O)cc1. The highest BCUT2D eigenvalue weighted by Gasteiger charge is 2.40. The van der Waals surface area contributed by atoms with Crippen molar-refractivity contribution in [2.75, 3.05) is 4.90 Å². The molecule has 1 fully saturated rings. The number of amides is 4. The minimum Gasteiger partial charge on any atom is -0.276 e. The molecule has 3 rings (SSSR count). The number of urea groups is 1. The molecule has 0 aliphatic carbocycles. The molecule has 2 aromatic carbocycles. The van der Waals surface area contributed by atoms with E-state index < -0.39 is 23.8 Å². The first-order chi connectivity index (χ1) is 12.3. The van der Waals surface area contributed by atoms with Crippen molar-refractivity contribution in [3.63, 3.8) is 0 Å². The number of anilines is 1. The smallest absolute Gasteiger partial charge is 0.276 e. The second kappa shape index (κ2) is 7.27. The van der Waals surface area contributed by atoms with E-state index in [1.807, 2.05) is 6.92 Å². The van der Waals surface area contributed by atoms with E-state index in [0.29, 0.717) is 21.4 Å². The molecule has 1 aliphatic heterocycles. The molecule has 0 radical (unpaired) electrons. The molecular formula is C18H13Cl2N3O3. The van der Waals surface area contributed by atoms with Crippen LogP contribution in [0.4, 0.5) is 16.2 Å². The maximum Gasteiger partial charge on any atom is 0.335 e. The van der Waals surface area contributed by atoms with Crippen LogP contribution in [0.5, 0.6) is 0 Å². The Morgan fingerprint density at radius 3 is 2.27 bits per heavy atom. The fourth-order valence-corrected chi connectivity index (χ4v) is 2.95. The topological polar surface area (TPSA) is 78.8 Å². The first-order valence-corrected chi connectivity index (χ1v) is 8.36. The maximum absolute atomic E-state index is 12.7. The summed E-state index contributed by atoms with van der Waals surface area (Å²) >= 11 is 11.8. The highest BCUT2D eigenvalue weighted by molar-refractivity contribution is 6.35. The quantitative estimate of drug-likeness (QED) is 0.638. The fourth-order valence-electron chi connectivity index (χ4n) is 2.43. The maximum atomic E-state index is 12.7. The first kappa shape index (κ1) is 18.1. The van der Waals surface area contributed by atoms with Gasteiger partial charge < -0.3 is 0 Å². The van der Waals surface area contributed by atoms with Crippen LogP contribution in [0.2, 0.25) is 10.0 Å². The lowest BCUT2D eigenvalue weighted by atomic mass is 10.1. The van der Waals surface area contributed by atoms with E-state index in [2.05, 4.69) is 10.3 Å². The van der Waals surface area contributed by atoms with Crippen molar-refractivity contribution in [2.24, 2.45) is 10.9 Å². The van der Waals surface area contributed by atoms with Crippen LogP contribution < -0.4 is 10.2 Å². The van der Waals surface area contributed by atoms with E-state index in [0.717, 1.165) is 10.5 Å². The molecule has 1 saturated heterocycles. The second-order valence-electron chi connectivity index (χ2n) is 5.69. The van der Waals surface area contributed by atoms with Gasteiger partial charge in [0, 0.05) is 16.3 Å². The number of aryl methyl sites for hydroxylation is 1. The normalized spacial score (nSPS) is 17.7. The number of carbonyl (C=O) groups excluding carboxylic acids is 3. The molecule has 26 heavy (non-hydrogen) atoms. The second-order valence-corrected chi connectivity index (χ2v) is 6.56. The van der Waals surface area contributed by atoms with Gasteiger partial charge in [-0.05, 0) is 37.3 Å². The van der Waals surface area contributed by atoms with E-state index >= 15 is 0 Å². The molecule has 4 amide bonds. The summed E-state index contributed by atoms with van der Waals surface area (Å²) in [6, 6.07) is 10.6. The highest BCUT2D eigenvalue weighted by atomic mass is 35.5. The van der Waals surface area contributed by atoms with Crippen molar-refractivity contribution in [2.45, 2.75) is 6.92 Å². The molecule has 2 aromatic rings. The Balaban J connectivity index is 1.90. The Labute approximate surface area is 159 Å². The van der Waals surface area contributed by atoms with Crippen molar-refractivity contribution in [1.82, 2.24) is 5.32 Å². The lowest BCUT2D eigenvalue weighted by Crippen LogP contribution is -2.58. The number of rotatable bonds is 3. The van der Waals surface area contributed by atoms with E-state index in [-0.39, 0.29) is 0 Å². The number of aliphatic imine (C=N–C) groups is 1. The van der Waals surface area contributed by atoms with Crippen LogP contribution in [0.1, 0.15) is 5.56 Å². The zero-order valence-corrected chi connectivity index (χ0v) is 15.1. The summed E-state index contributed by atoms with van der Waals surface area (Å²) in [6.45, 7) is 1.89. The summed E-state index contributed by atoms with van der Waals surface area (Å²) in [7, 11) is 0. The van der Waals surface area contributed by atoms with Crippen molar-refractivity contribution in [3.8, 4) is 0 Å². The van der Waals surface area contributed by atoms with Gasteiger partial charge in [0.2, 0.25) is 5.91 Å². The molecule has 1 atom stereocenters. The number of benzene rings is 2. The van der Waals surface area contributed by atoms with Gasteiger partial charge in [0.15, 0.2) is 5.92 Å². The lowest BCUT2D eigenvalue weighted by molar-refractivity contribution is -0.131. The van der Waals surface area contributed by atoms with Gasteiger partial charge in [0.1, 0.15) is 0 Å². The van der Waals surface area contributed by atoms with Gasteiger partial charge in [-0.1, -0.05) is 40.9 Å². The van der Waals surface area contributed by atoms with E-state index in [1.165, 1.54) is 18.3 Å². The van der Waals surface area contributed by atoms with Gasteiger partial charge in [-0.2, -0.15) is 0 Å². The van der Waals surface area contributed by atoms with E-state index in [1.54, 1.807) is 30.3 Å². The Hall–Kier alpha value is -2.70. The highest BCUT2D eigenvalue weighted by Crippen LogP contribution is 2.25. The predicted molar refractivity (Wildman–Crippen MR) is 100 cm³/mol. The number of hydrogen-bond donors (Lipinski definition) is 1. The summed E-state index contributed by atoms with van der Waals surface area (Å²) in [5.41, 5.74) is 1.74. The standard InChI is InChI=1S/C18H13Cl2N3O3/c1-10-2-4-14(5-3-10)23-17(25)15(16(24)22-18(23)26)9-21-13-7-11(19)6-12(20)8-13/h2-9,15H,1H3,(H,22,24,26)/t15-/m1/s1. The van der Waals surface area contributed by atoms with Crippen LogP contribution in [-0.4, -0.2) is 24.1 Å². The summed E-state index contributed by atoms with van der Waals surface area (Å²) in [6.07, 6.45) is 1.17. The van der Waals surface area contributed by atoms with Crippen molar-refractivity contribution >= 4 is 58.6 Å². The average molecular weight is 390 g/mol. The van der Waals surface area contributed by atoms with Gasteiger partial charge in [0.05, 0.1) is 11.4 Å². The van der Waals surface area contributed by atoms with Crippen LogP contribution in [0.15, 0.2) is 47.5 Å². The lowest BCUT2D eigenvalue weighted by Gasteiger charge is -2.28. The van der Waals surface area contributed by atoms with Crippen molar-refractivity contribution in [1.29, 1.82) is 0 Å². The molecule has 132 valence electrons. The Kier molecular flexibility index (Phi) is 5.06. The van der Waals surface area contributed by atoms with Crippen LogP contribution >= 0.6 is 23.2 Å². The largest absolute Gasteiger partial charge is 0.335 e. The van der Waals surface area contributed by atoms with Gasteiger partial charge in [-0.3, -0.25) is 19.9 Å². The third-order valence-corrected chi connectivity index (χ3v) is 4.15. The molecule has 1 N–H and O–H groups in total. The van der Waals surface area contributed by atoms with Crippen LogP contribution in [0.3, 0.4) is 0 Å². The Morgan fingerprint density at radius 1 is 1.04 bits per heavy atom. The summed E-state index contributed by atoms with van der Waals surface area (Å²) in [5, 5.41) is 2.92. The molecule has 0 spiro atoms. The molecule has 0 bridgehead atoms. The number of barbiturate groups is 1. The van der Waals surface area contributed by atoms with Crippen LogP contribution in [-0.2, 0) is 9.59 Å². The zero-order valence-electron chi connectivity index (χ0n) is 13.6. The van der Waals surface area contributed by atoms with E-state index in [4.69, 9.17) is 23.2 Å². The third-order valence-electron chi connectivity index (χ3n) is 3.71. The van der Waals surface area contributed by atoms with Crippen molar-refractivity contribution < 1.29 is 14.4 Å². The molecule has 0 aromatic heterocycles. The fraction of sp³-hybridized carbons (Fsp3) is 0.111.